The van der Waals surface area contributed by atoms with Crippen molar-refractivity contribution >= 4 is 34.6 Å². The fourth-order valence-electron chi connectivity index (χ4n) is 4.63. The number of hydrogen-bond acceptors (Lipinski definition) is 6. The van der Waals surface area contributed by atoms with Crippen molar-refractivity contribution in [3.8, 4) is 16.8 Å². The zero-order valence-corrected chi connectivity index (χ0v) is 18.4. The van der Waals surface area contributed by atoms with Gasteiger partial charge in [0.1, 0.15) is 5.82 Å². The topological polar surface area (TPSA) is 116 Å². The lowest BCUT2D eigenvalue weighted by atomic mass is 9.79. The zero-order chi connectivity index (χ0) is 22.4. The Bertz CT molecular complexity index is 1310. The Morgan fingerprint density at radius 2 is 2.00 bits per heavy atom. The van der Waals surface area contributed by atoms with Crippen LogP contribution in [-0.2, 0) is 4.79 Å². The molecule has 3 N–H and O–H groups in total. The number of thiophene rings is 1. The van der Waals surface area contributed by atoms with Crippen LogP contribution in [0.4, 0.5) is 5.82 Å². The normalized spacial score (nSPS) is 18.8. The van der Waals surface area contributed by atoms with Crippen molar-refractivity contribution in [1.82, 2.24) is 19.2 Å². The van der Waals surface area contributed by atoms with E-state index in [4.69, 9.17) is 10.7 Å². The van der Waals surface area contributed by atoms with Gasteiger partial charge in [0.2, 0.25) is 0 Å². The molecule has 0 amide bonds. The van der Waals surface area contributed by atoms with Crippen molar-refractivity contribution in [3.63, 3.8) is 0 Å². The van der Waals surface area contributed by atoms with Crippen LogP contribution in [0.5, 0.6) is 0 Å². The third-order valence-electron chi connectivity index (χ3n) is 6.33. The summed E-state index contributed by atoms with van der Waals surface area (Å²) in [6.45, 7) is 1.48. The first-order valence-corrected chi connectivity index (χ1v) is 11.5. The van der Waals surface area contributed by atoms with Crippen molar-refractivity contribution in [2.45, 2.75) is 38.5 Å². The molecule has 0 saturated heterocycles. The van der Waals surface area contributed by atoms with Gasteiger partial charge in [-0.3, -0.25) is 9.59 Å². The maximum absolute atomic E-state index is 12.5. The van der Waals surface area contributed by atoms with E-state index in [1.807, 2.05) is 34.5 Å². The highest BCUT2D eigenvalue weighted by Gasteiger charge is 2.31. The minimum atomic E-state index is -0.758. The van der Waals surface area contributed by atoms with Crippen LogP contribution in [0.15, 0.2) is 41.5 Å². The fraction of sp³-hybridized carbons (Fsp3) is 0.304. The Balaban J connectivity index is 1.59. The molecule has 0 unspecified atom stereocenters. The van der Waals surface area contributed by atoms with E-state index in [1.165, 1.54) is 11.4 Å². The third-order valence-corrected chi connectivity index (χ3v) is 7.00. The average molecular weight is 450 g/mol. The van der Waals surface area contributed by atoms with Crippen LogP contribution < -0.4 is 5.73 Å². The molecular formula is C23H23N5O3S. The highest BCUT2D eigenvalue weighted by molar-refractivity contribution is 7.08. The molecule has 0 bridgehead atoms. The largest absolute Gasteiger partial charge is 0.481 e. The lowest BCUT2D eigenvalue weighted by Crippen LogP contribution is -2.23. The second-order valence-corrected chi connectivity index (χ2v) is 9.06. The Morgan fingerprint density at radius 3 is 2.66 bits per heavy atom. The first-order chi connectivity index (χ1) is 15.4. The Hall–Kier alpha value is -3.46. The van der Waals surface area contributed by atoms with Crippen molar-refractivity contribution < 1.29 is 14.7 Å². The van der Waals surface area contributed by atoms with Gasteiger partial charge in [-0.05, 0) is 50.1 Å². The number of nitrogens with zero attached hydrogens (tertiary/aromatic N) is 4. The monoisotopic (exact) mass is 449 g/mol. The number of Topliss-reactive ketones (excluding diaryl/α,β-unsaturated/α-hetero) is 1. The van der Waals surface area contributed by atoms with Crippen molar-refractivity contribution in [2.75, 3.05) is 5.73 Å². The summed E-state index contributed by atoms with van der Waals surface area (Å²) in [7, 11) is 0. The van der Waals surface area contributed by atoms with E-state index in [0.29, 0.717) is 42.6 Å². The van der Waals surface area contributed by atoms with Crippen LogP contribution in [0.25, 0.3) is 22.5 Å². The summed E-state index contributed by atoms with van der Waals surface area (Å²) in [5.74, 6) is -0.980. The Kier molecular flexibility index (Phi) is 5.05. The van der Waals surface area contributed by atoms with E-state index < -0.39 is 5.97 Å². The molecule has 0 spiro atoms. The SMILES string of the molecule is CC(=O)c1c(C2CCC(C(=O)O)CC2)nc2c(-c3ccn(-c4ccsc4)c3)cnn2c1N. The smallest absolute Gasteiger partial charge is 0.306 e. The fourth-order valence-corrected chi connectivity index (χ4v) is 5.26. The predicted molar refractivity (Wildman–Crippen MR) is 122 cm³/mol. The van der Waals surface area contributed by atoms with E-state index in [0.717, 1.165) is 16.8 Å². The van der Waals surface area contributed by atoms with E-state index in [-0.39, 0.29) is 23.4 Å². The molecule has 5 rings (SSSR count). The van der Waals surface area contributed by atoms with Crippen LogP contribution in [-0.4, -0.2) is 36.0 Å². The molecule has 4 aromatic rings. The minimum Gasteiger partial charge on any atom is -0.481 e. The van der Waals surface area contributed by atoms with E-state index in [9.17, 15) is 14.7 Å². The summed E-state index contributed by atoms with van der Waals surface area (Å²) in [4.78, 5) is 28.8. The maximum Gasteiger partial charge on any atom is 0.306 e. The number of hydrogen-bond donors (Lipinski definition) is 2. The van der Waals surface area contributed by atoms with Crippen molar-refractivity contribution in [2.24, 2.45) is 5.92 Å². The zero-order valence-electron chi connectivity index (χ0n) is 17.6. The van der Waals surface area contributed by atoms with Crippen molar-refractivity contribution in [1.29, 1.82) is 0 Å². The number of nitrogen functional groups attached to an aromatic ring is 1. The van der Waals surface area contributed by atoms with E-state index >= 15 is 0 Å². The van der Waals surface area contributed by atoms with Gasteiger partial charge in [-0.15, -0.1) is 0 Å². The van der Waals surface area contributed by atoms with Crippen LogP contribution in [0.2, 0.25) is 0 Å². The predicted octanol–water partition coefficient (Wildman–Crippen LogP) is 4.39. The molecule has 8 nitrogen and oxygen atoms in total. The summed E-state index contributed by atoms with van der Waals surface area (Å²) in [6.07, 6.45) is 8.20. The van der Waals surface area contributed by atoms with Gasteiger partial charge in [0.15, 0.2) is 11.4 Å². The quantitative estimate of drug-likeness (QED) is 0.437. The molecule has 1 saturated carbocycles. The van der Waals surface area contributed by atoms with Gasteiger partial charge >= 0.3 is 5.97 Å². The molecular weight excluding hydrogens is 426 g/mol. The molecule has 1 aliphatic rings. The van der Waals surface area contributed by atoms with Gasteiger partial charge < -0.3 is 15.4 Å². The van der Waals surface area contributed by atoms with E-state index in [2.05, 4.69) is 10.5 Å². The first kappa shape index (κ1) is 20.4. The van der Waals surface area contributed by atoms with Crippen molar-refractivity contribution in [3.05, 3.63) is 52.7 Å². The summed E-state index contributed by atoms with van der Waals surface area (Å²) < 4.78 is 3.57. The number of fused-ring (bicyclic) bond motifs is 1. The summed E-state index contributed by atoms with van der Waals surface area (Å²) in [5.41, 5.74) is 10.9. The first-order valence-electron chi connectivity index (χ1n) is 10.6. The van der Waals surface area contributed by atoms with Gasteiger partial charge in [0, 0.05) is 34.8 Å². The lowest BCUT2D eigenvalue weighted by molar-refractivity contribution is -0.142. The van der Waals surface area contributed by atoms with Gasteiger partial charge in [-0.1, -0.05) is 0 Å². The molecule has 164 valence electrons. The molecule has 32 heavy (non-hydrogen) atoms. The number of aliphatic carboxylic acids is 1. The minimum absolute atomic E-state index is 0.00467. The molecule has 4 heterocycles. The van der Waals surface area contributed by atoms with Gasteiger partial charge in [-0.2, -0.15) is 21.0 Å². The molecule has 1 aliphatic carbocycles. The summed E-state index contributed by atoms with van der Waals surface area (Å²) >= 11 is 1.63. The molecule has 4 aromatic heterocycles. The second kappa shape index (κ2) is 7.90. The number of carbonyl (C=O) groups excluding carboxylic acids is 1. The van der Waals surface area contributed by atoms with E-state index in [1.54, 1.807) is 17.5 Å². The lowest BCUT2D eigenvalue weighted by Gasteiger charge is -2.27. The van der Waals surface area contributed by atoms with Crippen LogP contribution >= 0.6 is 11.3 Å². The summed E-state index contributed by atoms with van der Waals surface area (Å²) in [6, 6.07) is 4.05. The number of rotatable bonds is 5. The maximum atomic E-state index is 12.5. The number of carboxylic acids is 1. The van der Waals surface area contributed by atoms with Gasteiger partial charge in [0.05, 0.1) is 29.1 Å². The number of ketones is 1. The Labute approximate surface area is 188 Å². The van der Waals surface area contributed by atoms with Crippen LogP contribution in [0.3, 0.4) is 0 Å². The molecule has 0 aromatic carbocycles. The number of carbonyl (C=O) groups is 2. The van der Waals surface area contributed by atoms with Gasteiger partial charge in [0.25, 0.3) is 0 Å². The molecule has 0 radical (unpaired) electrons. The molecule has 9 heteroatoms. The molecule has 0 atom stereocenters. The molecule has 0 aliphatic heterocycles. The van der Waals surface area contributed by atoms with Crippen LogP contribution in [0, 0.1) is 5.92 Å². The highest BCUT2D eigenvalue weighted by atomic mass is 32.1. The van der Waals surface area contributed by atoms with Crippen LogP contribution in [0.1, 0.15) is 54.6 Å². The second-order valence-electron chi connectivity index (χ2n) is 8.28. The van der Waals surface area contributed by atoms with Gasteiger partial charge in [-0.25, -0.2) is 4.98 Å². The standard InChI is InChI=1S/C23H23N5O3S/c1-13(29)19-20(14-2-4-15(5-3-14)23(30)31)26-22-18(10-25-28(22)21(19)24)16-6-8-27(11-16)17-7-9-32-12-17/h6-12,14-15H,2-5,24H2,1H3,(H,30,31). The number of aromatic nitrogens is 4. The third kappa shape index (κ3) is 3.38. The Morgan fingerprint density at radius 1 is 1.22 bits per heavy atom. The molecule has 1 fully saturated rings. The summed E-state index contributed by atoms with van der Waals surface area (Å²) in [5, 5.41) is 17.8. The average Bonchev–Trinajstić information content (AvgIpc) is 3.52. The highest BCUT2D eigenvalue weighted by Crippen LogP contribution is 2.39. The number of nitrogens with two attached hydrogens (primary N) is 1. The number of anilines is 1. The number of carboxylic acid groups (broad SMARTS) is 1.